The van der Waals surface area contributed by atoms with Crippen molar-refractivity contribution in [1.82, 2.24) is 15.0 Å². The highest BCUT2D eigenvalue weighted by molar-refractivity contribution is 6.06. The number of nitrogens with zero attached hydrogens (tertiary/aromatic N) is 3. The molecule has 1 aromatic heterocycles. The maximum Gasteiger partial charge on any atom is 0.308 e. The highest BCUT2D eigenvalue weighted by Gasteiger charge is 2.09. The molecule has 0 aliphatic carbocycles. The predicted molar refractivity (Wildman–Crippen MR) is 100 cm³/mol. The monoisotopic (exact) mass is 366 g/mol. The third-order valence-corrected chi connectivity index (χ3v) is 3.77. The number of esters is 1. The van der Waals surface area contributed by atoms with Gasteiger partial charge in [0.05, 0.1) is 18.3 Å². The largest absolute Gasteiger partial charge is 0.493 e. The molecule has 3 aromatic rings. The SMILES string of the molecule is COc1ccc(C=CC(=O)Nc2cccc3c2nnn3C)cc1OC(C)=O. The van der Waals surface area contributed by atoms with Crippen molar-refractivity contribution in [3.05, 3.63) is 48.0 Å². The lowest BCUT2D eigenvalue weighted by Gasteiger charge is -2.08. The van der Waals surface area contributed by atoms with Crippen molar-refractivity contribution in [2.45, 2.75) is 6.92 Å². The van der Waals surface area contributed by atoms with Gasteiger partial charge in [-0.2, -0.15) is 0 Å². The maximum absolute atomic E-state index is 12.3. The molecule has 0 radical (unpaired) electrons. The van der Waals surface area contributed by atoms with Gasteiger partial charge in [0, 0.05) is 20.0 Å². The molecule has 1 amide bonds. The molecule has 0 saturated heterocycles. The summed E-state index contributed by atoms with van der Waals surface area (Å²) in [4.78, 5) is 23.5. The van der Waals surface area contributed by atoms with Crippen LogP contribution in [0.5, 0.6) is 11.5 Å². The number of ether oxygens (including phenoxy) is 2. The Morgan fingerprint density at radius 1 is 1.19 bits per heavy atom. The molecule has 0 aliphatic heterocycles. The number of hydrogen-bond acceptors (Lipinski definition) is 6. The lowest BCUT2D eigenvalue weighted by Crippen LogP contribution is -2.08. The molecule has 27 heavy (non-hydrogen) atoms. The highest BCUT2D eigenvalue weighted by Crippen LogP contribution is 2.28. The Morgan fingerprint density at radius 2 is 2.00 bits per heavy atom. The van der Waals surface area contributed by atoms with Gasteiger partial charge in [0.25, 0.3) is 0 Å². The minimum Gasteiger partial charge on any atom is -0.493 e. The number of aromatic nitrogens is 3. The zero-order valence-corrected chi connectivity index (χ0v) is 15.1. The van der Waals surface area contributed by atoms with E-state index in [4.69, 9.17) is 9.47 Å². The van der Waals surface area contributed by atoms with E-state index in [1.807, 2.05) is 12.1 Å². The molecule has 0 bridgehead atoms. The van der Waals surface area contributed by atoms with Gasteiger partial charge in [-0.15, -0.1) is 5.10 Å². The van der Waals surface area contributed by atoms with Gasteiger partial charge in [-0.25, -0.2) is 4.68 Å². The highest BCUT2D eigenvalue weighted by atomic mass is 16.6. The van der Waals surface area contributed by atoms with E-state index in [1.54, 1.807) is 42.1 Å². The van der Waals surface area contributed by atoms with Crippen LogP contribution in [0.3, 0.4) is 0 Å². The van der Waals surface area contributed by atoms with E-state index in [1.165, 1.54) is 20.1 Å². The topological polar surface area (TPSA) is 95.3 Å². The first kappa shape index (κ1) is 18.1. The van der Waals surface area contributed by atoms with E-state index in [2.05, 4.69) is 15.6 Å². The van der Waals surface area contributed by atoms with Crippen molar-refractivity contribution in [3.8, 4) is 11.5 Å². The lowest BCUT2D eigenvalue weighted by atomic mass is 10.2. The van der Waals surface area contributed by atoms with Crippen LogP contribution in [0, 0.1) is 0 Å². The second-order valence-electron chi connectivity index (χ2n) is 5.71. The lowest BCUT2D eigenvalue weighted by molar-refractivity contribution is -0.132. The van der Waals surface area contributed by atoms with E-state index in [0.717, 1.165) is 5.52 Å². The van der Waals surface area contributed by atoms with Crippen LogP contribution in [0.1, 0.15) is 12.5 Å². The molecule has 8 nitrogen and oxygen atoms in total. The summed E-state index contributed by atoms with van der Waals surface area (Å²) < 4.78 is 11.9. The van der Waals surface area contributed by atoms with Crippen LogP contribution >= 0.6 is 0 Å². The molecule has 0 aliphatic rings. The number of amides is 1. The van der Waals surface area contributed by atoms with Crippen molar-refractivity contribution in [2.24, 2.45) is 7.05 Å². The van der Waals surface area contributed by atoms with Crippen LogP contribution in [0.2, 0.25) is 0 Å². The number of methoxy groups -OCH3 is 1. The fourth-order valence-corrected chi connectivity index (χ4v) is 2.54. The van der Waals surface area contributed by atoms with Crippen LogP contribution in [0.4, 0.5) is 5.69 Å². The van der Waals surface area contributed by atoms with Crippen molar-refractivity contribution in [2.75, 3.05) is 12.4 Å². The van der Waals surface area contributed by atoms with Gasteiger partial charge in [0.15, 0.2) is 11.5 Å². The quantitative estimate of drug-likeness (QED) is 0.424. The zero-order chi connectivity index (χ0) is 19.4. The van der Waals surface area contributed by atoms with Gasteiger partial charge in [0.2, 0.25) is 5.91 Å². The number of carbonyl (C=O) groups is 2. The maximum atomic E-state index is 12.3. The average molecular weight is 366 g/mol. The van der Waals surface area contributed by atoms with E-state index < -0.39 is 5.97 Å². The van der Waals surface area contributed by atoms with E-state index in [0.29, 0.717) is 22.5 Å². The average Bonchev–Trinajstić information content (AvgIpc) is 3.02. The number of hydrogen-bond donors (Lipinski definition) is 1. The number of anilines is 1. The van der Waals surface area contributed by atoms with Crippen molar-refractivity contribution < 1.29 is 19.1 Å². The normalized spacial score (nSPS) is 10.9. The summed E-state index contributed by atoms with van der Waals surface area (Å²) >= 11 is 0. The molecular weight excluding hydrogens is 348 g/mol. The van der Waals surface area contributed by atoms with Gasteiger partial charge < -0.3 is 14.8 Å². The number of benzene rings is 2. The Labute approximate surface area is 155 Å². The van der Waals surface area contributed by atoms with Crippen LogP contribution in [0.15, 0.2) is 42.5 Å². The molecule has 1 heterocycles. The molecule has 138 valence electrons. The molecule has 0 spiro atoms. The fourth-order valence-electron chi connectivity index (χ4n) is 2.54. The van der Waals surface area contributed by atoms with Crippen LogP contribution in [-0.2, 0) is 16.6 Å². The third kappa shape index (κ3) is 4.12. The molecule has 0 unspecified atom stereocenters. The summed E-state index contributed by atoms with van der Waals surface area (Å²) in [5, 5.41) is 10.8. The second kappa shape index (κ2) is 7.69. The zero-order valence-electron chi connectivity index (χ0n) is 15.1. The minimum atomic E-state index is -0.454. The molecule has 2 aromatic carbocycles. The van der Waals surface area contributed by atoms with Crippen molar-refractivity contribution in [1.29, 1.82) is 0 Å². The summed E-state index contributed by atoms with van der Waals surface area (Å²) in [5.41, 5.74) is 2.69. The first-order valence-corrected chi connectivity index (χ1v) is 8.12. The van der Waals surface area contributed by atoms with Crippen LogP contribution in [-0.4, -0.2) is 34.0 Å². The minimum absolute atomic E-state index is 0.289. The van der Waals surface area contributed by atoms with E-state index in [-0.39, 0.29) is 11.7 Å². The number of aryl methyl sites for hydroxylation is 1. The van der Waals surface area contributed by atoms with Gasteiger partial charge >= 0.3 is 5.97 Å². The number of carbonyl (C=O) groups excluding carboxylic acids is 2. The first-order valence-electron chi connectivity index (χ1n) is 8.12. The van der Waals surface area contributed by atoms with Crippen LogP contribution < -0.4 is 14.8 Å². The summed E-state index contributed by atoms with van der Waals surface area (Å²) in [6.07, 6.45) is 2.99. The predicted octanol–water partition coefficient (Wildman–Crippen LogP) is 2.55. The number of nitrogens with one attached hydrogen (secondary N) is 1. The van der Waals surface area contributed by atoms with Crippen molar-refractivity contribution >= 4 is 34.7 Å². The Kier molecular flexibility index (Phi) is 5.16. The number of rotatable bonds is 5. The standard InChI is InChI=1S/C19H18N4O4/c1-12(24)27-17-11-13(7-9-16(17)26-3)8-10-18(25)20-14-5-4-6-15-19(14)21-22-23(15)2/h4-11H,1-3H3,(H,20,25). The molecule has 1 N–H and O–H groups in total. The summed E-state index contributed by atoms with van der Waals surface area (Å²) in [6, 6.07) is 10.5. The molecular formula is C19H18N4O4. The second-order valence-corrected chi connectivity index (χ2v) is 5.71. The van der Waals surface area contributed by atoms with E-state index in [9.17, 15) is 9.59 Å². The Morgan fingerprint density at radius 3 is 2.74 bits per heavy atom. The van der Waals surface area contributed by atoms with Crippen molar-refractivity contribution in [3.63, 3.8) is 0 Å². The van der Waals surface area contributed by atoms with Gasteiger partial charge in [-0.1, -0.05) is 17.3 Å². The smallest absolute Gasteiger partial charge is 0.308 e. The summed E-state index contributed by atoms with van der Waals surface area (Å²) in [6.45, 7) is 1.31. The number of fused-ring (bicyclic) bond motifs is 1. The van der Waals surface area contributed by atoms with Gasteiger partial charge in [0.1, 0.15) is 5.52 Å². The summed E-state index contributed by atoms with van der Waals surface area (Å²) in [5.74, 6) is -0.0553. The molecule has 0 fully saturated rings. The Hall–Kier alpha value is -3.68. The van der Waals surface area contributed by atoms with Gasteiger partial charge in [-0.05, 0) is 35.9 Å². The van der Waals surface area contributed by atoms with Crippen LogP contribution in [0.25, 0.3) is 17.1 Å². The third-order valence-electron chi connectivity index (χ3n) is 3.77. The molecule has 0 atom stereocenters. The summed E-state index contributed by atoms with van der Waals surface area (Å²) in [7, 11) is 3.27. The van der Waals surface area contributed by atoms with E-state index >= 15 is 0 Å². The molecule has 8 heteroatoms. The Balaban J connectivity index is 1.77. The van der Waals surface area contributed by atoms with Gasteiger partial charge in [-0.3, -0.25) is 9.59 Å². The molecule has 3 rings (SSSR count). The Bertz CT molecular complexity index is 1040. The fraction of sp³-hybridized carbons (Fsp3) is 0.158. The first-order chi connectivity index (χ1) is 13.0. The molecule has 0 saturated carbocycles.